The van der Waals surface area contributed by atoms with Crippen LogP contribution in [0.25, 0.3) is 11.4 Å². The molecule has 0 saturated carbocycles. The van der Waals surface area contributed by atoms with E-state index in [0.29, 0.717) is 22.9 Å². The Morgan fingerprint density at radius 2 is 1.79 bits per heavy atom. The van der Waals surface area contributed by atoms with Gasteiger partial charge >= 0.3 is 0 Å². The smallest absolute Gasteiger partial charge is 0.245 e. The van der Waals surface area contributed by atoms with Crippen molar-refractivity contribution in [1.29, 1.82) is 0 Å². The summed E-state index contributed by atoms with van der Waals surface area (Å²) in [6.45, 7) is 3.93. The van der Waals surface area contributed by atoms with E-state index in [1.54, 1.807) is 36.4 Å². The van der Waals surface area contributed by atoms with Gasteiger partial charge in [0.25, 0.3) is 0 Å². The Kier molecular flexibility index (Phi) is 4.78. The van der Waals surface area contributed by atoms with Gasteiger partial charge in [0, 0.05) is 5.56 Å². The van der Waals surface area contributed by atoms with Crippen LogP contribution in [0.1, 0.15) is 25.8 Å². The lowest BCUT2D eigenvalue weighted by molar-refractivity contribution is 0.174. The van der Waals surface area contributed by atoms with Crippen molar-refractivity contribution in [1.82, 2.24) is 14.9 Å². The molecule has 0 unspecified atom stereocenters. The second-order valence-corrected chi connectivity index (χ2v) is 8.39. The van der Waals surface area contributed by atoms with Crippen LogP contribution >= 0.6 is 0 Å². The average Bonchev–Trinajstić information content (AvgIpc) is 3.35. The second kappa shape index (κ2) is 7.25. The van der Waals surface area contributed by atoms with Gasteiger partial charge in [-0.3, -0.25) is 0 Å². The summed E-state index contributed by atoms with van der Waals surface area (Å²) in [5, 5.41) is 4.00. The predicted octanol–water partition coefficient (Wildman–Crippen LogP) is 3.14. The molecule has 8 nitrogen and oxygen atoms in total. The van der Waals surface area contributed by atoms with E-state index < -0.39 is 16.1 Å². The van der Waals surface area contributed by atoms with Gasteiger partial charge in [-0.05, 0) is 36.2 Å². The largest absolute Gasteiger partial charge is 0.454 e. The number of hydrogen-bond acceptors (Lipinski definition) is 7. The molecule has 1 aliphatic rings. The Morgan fingerprint density at radius 1 is 1.04 bits per heavy atom. The van der Waals surface area contributed by atoms with Gasteiger partial charge in [-0.1, -0.05) is 37.2 Å². The summed E-state index contributed by atoms with van der Waals surface area (Å²) < 4.78 is 44.1. The molecule has 0 bridgehead atoms. The maximum Gasteiger partial charge on any atom is 0.245 e. The Morgan fingerprint density at radius 3 is 2.54 bits per heavy atom. The minimum absolute atomic E-state index is 0.108. The van der Waals surface area contributed by atoms with Crippen molar-refractivity contribution in [3.8, 4) is 22.9 Å². The number of nitrogens with zero attached hydrogens (tertiary/aromatic N) is 2. The number of hydrogen-bond donors (Lipinski definition) is 1. The van der Waals surface area contributed by atoms with Crippen molar-refractivity contribution in [3.05, 3.63) is 54.4 Å². The molecule has 0 saturated heterocycles. The zero-order valence-electron chi connectivity index (χ0n) is 15.3. The van der Waals surface area contributed by atoms with Gasteiger partial charge in [0.05, 0.1) is 4.90 Å². The number of rotatable bonds is 6. The maximum absolute atomic E-state index is 12.7. The molecular formula is C19H19N3O5S. The molecule has 0 fully saturated rings. The average molecular weight is 401 g/mol. The minimum Gasteiger partial charge on any atom is -0.454 e. The Hall–Kier alpha value is -2.91. The second-order valence-electron chi connectivity index (χ2n) is 6.68. The SMILES string of the molecule is CC(C)[C@@H](NS(=O)(=O)c1ccccc1)c1nc(-c2ccc3c(c2)OCO3)no1. The number of fused-ring (bicyclic) bond motifs is 1. The van der Waals surface area contributed by atoms with Gasteiger partial charge in [-0.2, -0.15) is 9.71 Å². The number of ether oxygens (including phenoxy) is 2. The third kappa shape index (κ3) is 3.58. The van der Waals surface area contributed by atoms with E-state index in [9.17, 15) is 8.42 Å². The fourth-order valence-electron chi connectivity index (χ4n) is 2.82. The number of sulfonamides is 1. The van der Waals surface area contributed by atoms with Crippen LogP contribution < -0.4 is 14.2 Å². The summed E-state index contributed by atoms with van der Waals surface area (Å²) in [6, 6.07) is 12.8. The van der Waals surface area contributed by atoms with Crippen molar-refractivity contribution in [2.24, 2.45) is 5.92 Å². The van der Waals surface area contributed by atoms with Gasteiger partial charge in [0.1, 0.15) is 6.04 Å². The topological polar surface area (TPSA) is 104 Å². The van der Waals surface area contributed by atoms with E-state index in [-0.39, 0.29) is 23.5 Å². The first-order valence-corrected chi connectivity index (χ1v) is 10.2. The van der Waals surface area contributed by atoms with Crippen LogP contribution in [-0.4, -0.2) is 25.4 Å². The number of nitrogens with one attached hydrogen (secondary N) is 1. The third-order valence-corrected chi connectivity index (χ3v) is 5.80. The summed E-state index contributed by atoms with van der Waals surface area (Å²) in [5.41, 5.74) is 0.688. The lowest BCUT2D eigenvalue weighted by Crippen LogP contribution is -2.32. The molecular weight excluding hydrogens is 382 g/mol. The van der Waals surface area contributed by atoms with Crippen LogP contribution in [0.4, 0.5) is 0 Å². The molecule has 1 atom stereocenters. The first kappa shape index (κ1) is 18.5. The monoisotopic (exact) mass is 401 g/mol. The van der Waals surface area contributed by atoms with E-state index in [0.717, 1.165) is 0 Å². The molecule has 3 aromatic rings. The van der Waals surface area contributed by atoms with Gasteiger partial charge in [0.2, 0.25) is 28.5 Å². The molecule has 146 valence electrons. The van der Waals surface area contributed by atoms with Crippen LogP contribution in [0.15, 0.2) is 57.9 Å². The molecule has 9 heteroatoms. The van der Waals surface area contributed by atoms with Gasteiger partial charge in [-0.15, -0.1) is 0 Å². The normalized spacial score (nSPS) is 14.4. The highest BCUT2D eigenvalue weighted by atomic mass is 32.2. The van der Waals surface area contributed by atoms with E-state index in [1.165, 1.54) is 12.1 Å². The van der Waals surface area contributed by atoms with Gasteiger partial charge in [0.15, 0.2) is 11.5 Å². The first-order valence-electron chi connectivity index (χ1n) is 8.75. The maximum atomic E-state index is 12.7. The fraction of sp³-hybridized carbons (Fsp3) is 0.263. The summed E-state index contributed by atoms with van der Waals surface area (Å²) in [4.78, 5) is 4.58. The van der Waals surface area contributed by atoms with Crippen molar-refractivity contribution in [2.45, 2.75) is 24.8 Å². The van der Waals surface area contributed by atoms with Crippen LogP contribution in [0.2, 0.25) is 0 Å². The lowest BCUT2D eigenvalue weighted by atomic mass is 10.1. The standard InChI is InChI=1S/C19H19N3O5S/c1-12(2)17(22-28(23,24)14-6-4-3-5-7-14)19-20-18(21-27-19)13-8-9-15-16(10-13)26-11-25-15/h3-10,12,17,22H,11H2,1-2H3/t17-/m1/s1. The number of aromatic nitrogens is 2. The van der Waals surface area contributed by atoms with E-state index >= 15 is 0 Å². The molecule has 0 amide bonds. The molecule has 2 aromatic carbocycles. The first-order chi connectivity index (χ1) is 13.4. The third-order valence-electron chi connectivity index (χ3n) is 4.34. The minimum atomic E-state index is -3.73. The highest BCUT2D eigenvalue weighted by Gasteiger charge is 2.29. The van der Waals surface area contributed by atoms with E-state index in [4.69, 9.17) is 14.0 Å². The highest BCUT2D eigenvalue weighted by Crippen LogP contribution is 2.35. The molecule has 4 rings (SSSR count). The molecule has 2 heterocycles. The fourth-order valence-corrected chi connectivity index (χ4v) is 4.18. The van der Waals surface area contributed by atoms with Crippen molar-refractivity contribution in [2.75, 3.05) is 6.79 Å². The summed E-state index contributed by atoms with van der Waals surface area (Å²) in [5.74, 6) is 1.70. The van der Waals surface area contributed by atoms with Gasteiger partial charge in [-0.25, -0.2) is 8.42 Å². The molecule has 0 spiro atoms. The Bertz CT molecular complexity index is 1080. The van der Waals surface area contributed by atoms with Crippen LogP contribution in [0.3, 0.4) is 0 Å². The van der Waals surface area contributed by atoms with Crippen molar-refractivity contribution < 1.29 is 22.4 Å². The molecule has 1 N–H and O–H groups in total. The Balaban J connectivity index is 1.61. The number of benzene rings is 2. The quantitative estimate of drug-likeness (QED) is 0.677. The van der Waals surface area contributed by atoms with E-state index in [1.807, 2.05) is 13.8 Å². The lowest BCUT2D eigenvalue weighted by Gasteiger charge is -2.18. The van der Waals surface area contributed by atoms with Crippen molar-refractivity contribution in [3.63, 3.8) is 0 Å². The predicted molar refractivity (Wildman–Crippen MR) is 100 cm³/mol. The zero-order chi connectivity index (χ0) is 19.7. The summed E-state index contributed by atoms with van der Waals surface area (Å²) in [6.07, 6.45) is 0. The summed E-state index contributed by atoms with van der Waals surface area (Å²) in [7, 11) is -3.73. The Labute approximate surface area is 162 Å². The highest BCUT2D eigenvalue weighted by molar-refractivity contribution is 7.89. The molecule has 0 aliphatic carbocycles. The molecule has 0 radical (unpaired) electrons. The van der Waals surface area contributed by atoms with Crippen LogP contribution in [-0.2, 0) is 10.0 Å². The molecule has 1 aromatic heterocycles. The van der Waals surface area contributed by atoms with Crippen molar-refractivity contribution >= 4 is 10.0 Å². The van der Waals surface area contributed by atoms with Crippen LogP contribution in [0, 0.1) is 5.92 Å². The zero-order valence-corrected chi connectivity index (χ0v) is 16.1. The summed E-state index contributed by atoms with van der Waals surface area (Å²) >= 11 is 0. The molecule has 28 heavy (non-hydrogen) atoms. The van der Waals surface area contributed by atoms with Crippen LogP contribution in [0.5, 0.6) is 11.5 Å². The van der Waals surface area contributed by atoms with E-state index in [2.05, 4.69) is 14.9 Å². The van der Waals surface area contributed by atoms with Gasteiger partial charge < -0.3 is 14.0 Å². The molecule has 1 aliphatic heterocycles.